The van der Waals surface area contributed by atoms with E-state index in [1.807, 2.05) is 12.1 Å². The molecule has 19 heavy (non-hydrogen) atoms. The van der Waals surface area contributed by atoms with Crippen LogP contribution in [0.15, 0.2) is 22.7 Å². The fourth-order valence-corrected chi connectivity index (χ4v) is 2.17. The normalized spacial score (nSPS) is 12.7. The molecule has 0 heterocycles. The zero-order valence-corrected chi connectivity index (χ0v) is 13.5. The molecule has 0 bridgehead atoms. The van der Waals surface area contributed by atoms with Gasteiger partial charge in [0.15, 0.2) is 0 Å². The van der Waals surface area contributed by atoms with E-state index in [0.717, 1.165) is 23.2 Å². The number of aliphatic hydroxyl groups excluding tert-OH is 1. The second kappa shape index (κ2) is 8.56. The molecule has 0 saturated heterocycles. The summed E-state index contributed by atoms with van der Waals surface area (Å²) in [7, 11) is 0. The van der Waals surface area contributed by atoms with Crippen molar-refractivity contribution in [1.29, 1.82) is 0 Å². The molecule has 0 spiro atoms. The molecule has 2 N–H and O–H groups in total. The van der Waals surface area contributed by atoms with Gasteiger partial charge in [0.05, 0.1) is 12.7 Å². The number of aliphatic hydroxyl groups is 1. The van der Waals surface area contributed by atoms with E-state index >= 15 is 0 Å². The molecule has 1 unspecified atom stereocenters. The highest BCUT2D eigenvalue weighted by molar-refractivity contribution is 9.10. The molecule has 3 nitrogen and oxygen atoms in total. The second-order valence-electron chi connectivity index (χ2n) is 5.09. The molecular weight excluding hydrogens is 306 g/mol. The van der Waals surface area contributed by atoms with E-state index in [1.165, 1.54) is 5.56 Å². The van der Waals surface area contributed by atoms with Crippen LogP contribution in [0, 0.1) is 0 Å². The zero-order valence-electron chi connectivity index (χ0n) is 11.9. The summed E-state index contributed by atoms with van der Waals surface area (Å²) in [5.41, 5.74) is 1.23. The first kappa shape index (κ1) is 16.5. The van der Waals surface area contributed by atoms with Gasteiger partial charge in [0.2, 0.25) is 0 Å². The van der Waals surface area contributed by atoms with Crippen molar-refractivity contribution in [2.24, 2.45) is 0 Å². The molecule has 0 aromatic heterocycles. The van der Waals surface area contributed by atoms with Crippen molar-refractivity contribution in [1.82, 2.24) is 5.32 Å². The number of hydrogen-bond acceptors (Lipinski definition) is 3. The first-order valence-electron chi connectivity index (χ1n) is 6.81. The molecule has 0 radical (unpaired) electrons. The summed E-state index contributed by atoms with van der Waals surface area (Å²) in [4.78, 5) is 0. The van der Waals surface area contributed by atoms with Gasteiger partial charge in [-0.3, -0.25) is 0 Å². The van der Waals surface area contributed by atoms with E-state index in [9.17, 15) is 0 Å². The summed E-state index contributed by atoms with van der Waals surface area (Å²) in [6, 6.07) is 6.14. The van der Waals surface area contributed by atoms with Crippen LogP contribution < -0.4 is 10.1 Å². The van der Waals surface area contributed by atoms with Crippen LogP contribution in [0.1, 0.15) is 38.7 Å². The number of halogens is 1. The van der Waals surface area contributed by atoms with E-state index in [0.29, 0.717) is 19.1 Å². The summed E-state index contributed by atoms with van der Waals surface area (Å²) in [5, 5.41) is 12.3. The van der Waals surface area contributed by atoms with Crippen LogP contribution in [-0.2, 0) is 0 Å². The molecule has 1 aromatic carbocycles. The summed E-state index contributed by atoms with van der Waals surface area (Å²) < 4.78 is 6.92. The van der Waals surface area contributed by atoms with Gasteiger partial charge in [0, 0.05) is 11.0 Å². The lowest BCUT2D eigenvalue weighted by Crippen LogP contribution is -2.26. The molecule has 0 aliphatic carbocycles. The molecule has 0 amide bonds. The van der Waals surface area contributed by atoms with Crippen molar-refractivity contribution in [3.63, 3.8) is 0 Å². The third-order valence-corrected chi connectivity index (χ3v) is 3.28. The lowest BCUT2D eigenvalue weighted by Gasteiger charge is -2.14. The van der Waals surface area contributed by atoms with Crippen LogP contribution in [0.4, 0.5) is 0 Å². The molecule has 0 aliphatic rings. The SMILES string of the molecule is CC(O)CNCCCOc1ccc(Br)cc1C(C)C. The summed E-state index contributed by atoms with van der Waals surface area (Å²) in [6.45, 7) is 8.29. The lowest BCUT2D eigenvalue weighted by atomic mass is 10.0. The standard InChI is InChI=1S/C15H24BrNO2/c1-11(2)14-9-13(16)5-6-15(14)19-8-4-7-17-10-12(3)18/h5-6,9,11-12,17-18H,4,7-8,10H2,1-3H3. The monoisotopic (exact) mass is 329 g/mol. The Hall–Kier alpha value is -0.580. The largest absolute Gasteiger partial charge is 0.493 e. The number of hydrogen-bond donors (Lipinski definition) is 2. The maximum absolute atomic E-state index is 9.11. The van der Waals surface area contributed by atoms with Gasteiger partial charge in [-0.25, -0.2) is 0 Å². The van der Waals surface area contributed by atoms with Crippen LogP contribution in [0.5, 0.6) is 5.75 Å². The molecule has 1 rings (SSSR count). The Kier molecular flexibility index (Phi) is 7.42. The van der Waals surface area contributed by atoms with Crippen molar-refractivity contribution < 1.29 is 9.84 Å². The summed E-state index contributed by atoms with van der Waals surface area (Å²) >= 11 is 3.49. The van der Waals surface area contributed by atoms with Crippen molar-refractivity contribution in [3.05, 3.63) is 28.2 Å². The van der Waals surface area contributed by atoms with Crippen molar-refractivity contribution in [2.45, 2.75) is 39.2 Å². The molecular formula is C15H24BrNO2. The van der Waals surface area contributed by atoms with E-state index in [4.69, 9.17) is 9.84 Å². The van der Waals surface area contributed by atoms with Crippen LogP contribution in [-0.4, -0.2) is 30.9 Å². The Bertz CT molecular complexity index is 380. The minimum atomic E-state index is -0.292. The smallest absolute Gasteiger partial charge is 0.122 e. The Morgan fingerprint density at radius 2 is 2.05 bits per heavy atom. The topological polar surface area (TPSA) is 41.5 Å². The summed E-state index contributed by atoms with van der Waals surface area (Å²) in [5.74, 6) is 1.41. The predicted molar refractivity (Wildman–Crippen MR) is 82.9 cm³/mol. The summed E-state index contributed by atoms with van der Waals surface area (Å²) in [6.07, 6.45) is 0.639. The Balaban J connectivity index is 2.37. The molecule has 0 fully saturated rings. The molecule has 1 atom stereocenters. The van der Waals surface area contributed by atoms with Gasteiger partial charge in [-0.15, -0.1) is 0 Å². The first-order valence-corrected chi connectivity index (χ1v) is 7.61. The van der Waals surface area contributed by atoms with Crippen molar-refractivity contribution in [3.8, 4) is 5.75 Å². The number of ether oxygens (including phenoxy) is 1. The predicted octanol–water partition coefficient (Wildman–Crippen LogP) is 3.31. The fraction of sp³-hybridized carbons (Fsp3) is 0.600. The minimum Gasteiger partial charge on any atom is -0.493 e. The van der Waals surface area contributed by atoms with Gasteiger partial charge >= 0.3 is 0 Å². The van der Waals surface area contributed by atoms with E-state index in [2.05, 4.69) is 41.2 Å². The molecule has 0 aliphatic heterocycles. The fourth-order valence-electron chi connectivity index (χ4n) is 1.79. The Morgan fingerprint density at radius 1 is 1.32 bits per heavy atom. The number of nitrogens with one attached hydrogen (secondary N) is 1. The third kappa shape index (κ3) is 6.41. The second-order valence-corrected chi connectivity index (χ2v) is 6.01. The van der Waals surface area contributed by atoms with Crippen molar-refractivity contribution >= 4 is 15.9 Å². The Morgan fingerprint density at radius 3 is 2.68 bits per heavy atom. The average molecular weight is 330 g/mol. The van der Waals surface area contributed by atoms with Gasteiger partial charge in [-0.05, 0) is 49.6 Å². The van der Waals surface area contributed by atoms with Gasteiger partial charge < -0.3 is 15.2 Å². The first-order chi connectivity index (χ1) is 9.00. The molecule has 108 valence electrons. The van der Waals surface area contributed by atoms with E-state index < -0.39 is 0 Å². The third-order valence-electron chi connectivity index (χ3n) is 2.79. The molecule has 0 saturated carbocycles. The van der Waals surface area contributed by atoms with E-state index in [-0.39, 0.29) is 6.10 Å². The van der Waals surface area contributed by atoms with Gasteiger partial charge in [0.1, 0.15) is 5.75 Å². The number of benzene rings is 1. The molecule has 4 heteroatoms. The van der Waals surface area contributed by atoms with Crippen LogP contribution in [0.2, 0.25) is 0 Å². The highest BCUT2D eigenvalue weighted by atomic mass is 79.9. The highest BCUT2D eigenvalue weighted by Gasteiger charge is 2.08. The van der Waals surface area contributed by atoms with Crippen LogP contribution in [0.3, 0.4) is 0 Å². The minimum absolute atomic E-state index is 0.292. The molecule has 1 aromatic rings. The number of rotatable bonds is 8. The van der Waals surface area contributed by atoms with Gasteiger partial charge in [0.25, 0.3) is 0 Å². The highest BCUT2D eigenvalue weighted by Crippen LogP contribution is 2.29. The van der Waals surface area contributed by atoms with Gasteiger partial charge in [-0.1, -0.05) is 29.8 Å². The van der Waals surface area contributed by atoms with E-state index in [1.54, 1.807) is 6.92 Å². The maximum atomic E-state index is 9.11. The Labute approximate surface area is 124 Å². The van der Waals surface area contributed by atoms with Crippen molar-refractivity contribution in [2.75, 3.05) is 19.7 Å². The van der Waals surface area contributed by atoms with Crippen LogP contribution in [0.25, 0.3) is 0 Å². The zero-order chi connectivity index (χ0) is 14.3. The average Bonchev–Trinajstić information content (AvgIpc) is 2.34. The van der Waals surface area contributed by atoms with Crippen LogP contribution >= 0.6 is 15.9 Å². The lowest BCUT2D eigenvalue weighted by molar-refractivity contribution is 0.190. The van der Waals surface area contributed by atoms with Gasteiger partial charge in [-0.2, -0.15) is 0 Å². The quantitative estimate of drug-likeness (QED) is 0.719. The maximum Gasteiger partial charge on any atom is 0.122 e.